The van der Waals surface area contributed by atoms with Gasteiger partial charge in [0.25, 0.3) is 0 Å². The predicted octanol–water partition coefficient (Wildman–Crippen LogP) is 6.33. The standard InChI is InChI=1S/C33H39NO6.C25H34N2O6/c1-22(19-25-13-7-4-8-14-25)34-31(35)24(3)38-29-23(2)32(36-20-26-15-9-5-10-16-26)39-28-21-37-33(40-30(28)29)27-17-11-6-12-18-27;1-16(13-18-9-5-3-6-10-18)27-24(30)17(2)32-23-21(26)25(33-20(14-28)22(23)29)31-15-19-11-7-4-8-12-19/h4-18,22-24,28-30,32-33H,19-21H2,1-3H3,(H,34,35);3-12,16-17,20-23,25,28-29H,13-15,26H2,1-2H3,(H,27,30)/t22-,23-,24+,28?,29?,30+,32+,33?;16-,17+,20?,21-,22+,23?,25+/m00/s1. The molecule has 15 heteroatoms. The summed E-state index contributed by atoms with van der Waals surface area (Å²) in [7, 11) is 0. The number of aliphatic hydroxyl groups is 2. The van der Waals surface area contributed by atoms with Gasteiger partial charge in [-0.05, 0) is 62.8 Å². The van der Waals surface area contributed by atoms with E-state index >= 15 is 0 Å². The van der Waals surface area contributed by atoms with Gasteiger partial charge in [-0.25, -0.2) is 0 Å². The average molecular weight is 1000 g/mol. The number of aliphatic hydroxyl groups excluding tert-OH is 2. The predicted molar refractivity (Wildman–Crippen MR) is 274 cm³/mol. The number of hydrogen-bond acceptors (Lipinski definition) is 13. The molecular formula is C58H73N3O12. The van der Waals surface area contributed by atoms with Gasteiger partial charge in [0.1, 0.15) is 42.7 Å². The number of amides is 2. The molecule has 3 aliphatic heterocycles. The molecule has 0 bridgehead atoms. The molecule has 0 radical (unpaired) electrons. The fourth-order valence-corrected chi connectivity index (χ4v) is 9.15. The Labute approximate surface area is 429 Å². The first-order chi connectivity index (χ1) is 35.4. The van der Waals surface area contributed by atoms with Crippen molar-refractivity contribution in [2.24, 2.45) is 11.7 Å². The van der Waals surface area contributed by atoms with Gasteiger partial charge in [0.2, 0.25) is 11.8 Å². The molecule has 5 aromatic carbocycles. The number of benzene rings is 5. The van der Waals surface area contributed by atoms with Crippen molar-refractivity contribution in [1.82, 2.24) is 10.6 Å². The molecule has 15 nitrogen and oxygen atoms in total. The smallest absolute Gasteiger partial charge is 0.249 e. The van der Waals surface area contributed by atoms with Gasteiger partial charge in [-0.3, -0.25) is 9.59 Å². The molecular weight excluding hydrogens is 931 g/mol. The maximum absolute atomic E-state index is 13.2. The van der Waals surface area contributed by atoms with E-state index in [4.69, 9.17) is 43.6 Å². The molecule has 15 atom stereocenters. The van der Waals surface area contributed by atoms with Crippen LogP contribution >= 0.6 is 0 Å². The summed E-state index contributed by atoms with van der Waals surface area (Å²) >= 11 is 0. The van der Waals surface area contributed by atoms with E-state index in [-0.39, 0.29) is 36.4 Å². The number of nitrogens with two attached hydrogens (primary N) is 1. The molecule has 5 unspecified atom stereocenters. The fraction of sp³-hybridized carbons (Fsp3) is 0.448. The molecule has 3 heterocycles. The summed E-state index contributed by atoms with van der Waals surface area (Å²) in [6.45, 7) is 9.88. The molecule has 6 N–H and O–H groups in total. The molecule has 3 aliphatic rings. The summed E-state index contributed by atoms with van der Waals surface area (Å²) in [6.07, 6.45) is -6.52. The van der Waals surface area contributed by atoms with Crippen molar-refractivity contribution in [2.45, 2.75) is 147 Å². The van der Waals surface area contributed by atoms with Gasteiger partial charge in [-0.1, -0.05) is 159 Å². The second kappa shape index (κ2) is 27.8. The fourth-order valence-electron chi connectivity index (χ4n) is 9.15. The molecule has 3 saturated heterocycles. The van der Waals surface area contributed by atoms with Gasteiger partial charge in [0.05, 0.1) is 38.6 Å². The Bertz CT molecular complexity index is 2370. The van der Waals surface area contributed by atoms with E-state index in [0.29, 0.717) is 19.6 Å². The van der Waals surface area contributed by atoms with Crippen molar-refractivity contribution in [3.8, 4) is 0 Å². The Kier molecular flexibility index (Phi) is 21.1. The topological polar surface area (TPSA) is 199 Å². The SMILES string of the molecule is C[C@@H](Cc1ccccc1)NC(=O)[C@@H](C)OC1[C@@H]2OC(c3ccccc3)OCC2O[C@@H](OCc2ccccc2)[C@H]1C.C[C@@H](Cc1ccccc1)NC(=O)[C@@H](C)OC1[C@H](O)C(CO)O[C@@H](OCc2ccccc2)[C@H]1N. The molecule has 5 aromatic rings. The normalized spacial score (nSPS) is 27.4. The number of hydrogen-bond donors (Lipinski definition) is 5. The van der Waals surface area contributed by atoms with Gasteiger partial charge < -0.3 is 64.5 Å². The van der Waals surface area contributed by atoms with E-state index in [0.717, 1.165) is 28.7 Å². The van der Waals surface area contributed by atoms with Crippen molar-refractivity contribution in [2.75, 3.05) is 13.2 Å². The van der Waals surface area contributed by atoms with Crippen LogP contribution in [0, 0.1) is 5.92 Å². The summed E-state index contributed by atoms with van der Waals surface area (Å²) in [6, 6.07) is 48.3. The number of carbonyl (C=O) groups is 2. The van der Waals surface area contributed by atoms with Crippen LogP contribution in [0.1, 0.15) is 68.7 Å². The number of ether oxygens (including phenoxy) is 8. The van der Waals surface area contributed by atoms with Gasteiger partial charge >= 0.3 is 0 Å². The molecule has 2 amide bonds. The molecule has 392 valence electrons. The summed E-state index contributed by atoms with van der Waals surface area (Å²) in [5.41, 5.74) is 11.5. The Morgan fingerprint density at radius 1 is 0.616 bits per heavy atom. The van der Waals surface area contributed by atoms with Gasteiger partial charge in [0, 0.05) is 23.6 Å². The van der Waals surface area contributed by atoms with Crippen molar-refractivity contribution >= 4 is 11.8 Å². The van der Waals surface area contributed by atoms with Crippen LogP contribution < -0.4 is 16.4 Å². The summed E-state index contributed by atoms with van der Waals surface area (Å²) in [5, 5.41) is 26.3. The highest BCUT2D eigenvalue weighted by Crippen LogP contribution is 2.39. The molecule has 8 rings (SSSR count). The second-order valence-electron chi connectivity index (χ2n) is 19.1. The third-order valence-electron chi connectivity index (χ3n) is 13.1. The highest BCUT2D eigenvalue weighted by Gasteiger charge is 2.50. The van der Waals surface area contributed by atoms with Crippen LogP contribution in [0.5, 0.6) is 0 Å². The molecule has 0 saturated carbocycles. The highest BCUT2D eigenvalue weighted by atomic mass is 16.8. The lowest BCUT2D eigenvalue weighted by molar-refractivity contribution is -0.359. The third kappa shape index (κ3) is 16.0. The Morgan fingerprint density at radius 3 is 1.53 bits per heavy atom. The van der Waals surface area contributed by atoms with Crippen LogP contribution in [0.2, 0.25) is 0 Å². The molecule has 3 fully saturated rings. The molecule has 73 heavy (non-hydrogen) atoms. The summed E-state index contributed by atoms with van der Waals surface area (Å²) in [5.74, 6) is -0.671. The summed E-state index contributed by atoms with van der Waals surface area (Å²) < 4.78 is 49.0. The Morgan fingerprint density at radius 2 is 1.05 bits per heavy atom. The minimum Gasteiger partial charge on any atom is -0.394 e. The van der Waals surface area contributed by atoms with Crippen LogP contribution in [0.3, 0.4) is 0 Å². The van der Waals surface area contributed by atoms with Crippen LogP contribution in [0.4, 0.5) is 0 Å². The van der Waals surface area contributed by atoms with Gasteiger partial charge in [-0.15, -0.1) is 0 Å². The van der Waals surface area contributed by atoms with Crippen LogP contribution in [0.25, 0.3) is 0 Å². The van der Waals surface area contributed by atoms with E-state index in [2.05, 4.69) is 22.8 Å². The largest absolute Gasteiger partial charge is 0.394 e. The lowest BCUT2D eigenvalue weighted by Crippen LogP contribution is -2.64. The molecule has 0 aromatic heterocycles. The zero-order valence-corrected chi connectivity index (χ0v) is 42.4. The maximum Gasteiger partial charge on any atom is 0.249 e. The average Bonchev–Trinajstić information content (AvgIpc) is 3.41. The number of fused-ring (bicyclic) bond motifs is 1. The quantitative estimate of drug-likeness (QED) is 0.0581. The lowest BCUT2D eigenvalue weighted by atomic mass is 9.91. The zero-order chi connectivity index (χ0) is 51.7. The number of carbonyl (C=O) groups excluding carboxylic acids is 2. The van der Waals surface area contributed by atoms with Crippen molar-refractivity contribution < 1.29 is 57.7 Å². The van der Waals surface area contributed by atoms with Crippen LogP contribution in [0.15, 0.2) is 152 Å². The first kappa shape index (κ1) is 55.4. The minimum atomic E-state index is -1.21. The van der Waals surface area contributed by atoms with Crippen molar-refractivity contribution in [3.63, 3.8) is 0 Å². The monoisotopic (exact) mass is 1000 g/mol. The van der Waals surface area contributed by atoms with E-state index in [1.54, 1.807) is 13.8 Å². The Balaban J connectivity index is 0.000000218. The van der Waals surface area contributed by atoms with E-state index in [1.165, 1.54) is 5.56 Å². The highest BCUT2D eigenvalue weighted by molar-refractivity contribution is 5.81. The van der Waals surface area contributed by atoms with Crippen LogP contribution in [-0.4, -0.2) is 115 Å². The first-order valence-corrected chi connectivity index (χ1v) is 25.3. The van der Waals surface area contributed by atoms with Crippen molar-refractivity contribution in [1.29, 1.82) is 0 Å². The second-order valence-corrected chi connectivity index (χ2v) is 19.1. The summed E-state index contributed by atoms with van der Waals surface area (Å²) in [4.78, 5) is 25.9. The zero-order valence-electron chi connectivity index (χ0n) is 42.4. The Hall–Kier alpha value is -5.40. The van der Waals surface area contributed by atoms with Gasteiger partial charge in [0.15, 0.2) is 18.9 Å². The minimum absolute atomic E-state index is 0.0374. The lowest BCUT2D eigenvalue weighted by Gasteiger charge is -2.49. The van der Waals surface area contributed by atoms with E-state index in [1.807, 2.05) is 160 Å². The third-order valence-corrected chi connectivity index (χ3v) is 13.1. The maximum atomic E-state index is 13.2. The van der Waals surface area contributed by atoms with E-state index in [9.17, 15) is 19.8 Å². The van der Waals surface area contributed by atoms with Crippen LogP contribution in [-0.2, 0) is 73.5 Å². The molecule has 0 aliphatic carbocycles. The van der Waals surface area contributed by atoms with Crippen molar-refractivity contribution in [3.05, 3.63) is 179 Å². The van der Waals surface area contributed by atoms with E-state index < -0.39 is 80.4 Å². The number of nitrogens with one attached hydrogen (secondary N) is 2. The number of rotatable bonds is 20. The van der Waals surface area contributed by atoms with Gasteiger partial charge in [-0.2, -0.15) is 0 Å². The molecule has 0 spiro atoms. The first-order valence-electron chi connectivity index (χ1n) is 25.3.